The second kappa shape index (κ2) is 6.63. The van der Waals surface area contributed by atoms with E-state index < -0.39 is 11.8 Å². The number of rotatable bonds is 3. The molecule has 1 aromatic rings. The van der Waals surface area contributed by atoms with Gasteiger partial charge in [-0.2, -0.15) is 0 Å². The van der Waals surface area contributed by atoms with E-state index in [0.29, 0.717) is 25.9 Å². The summed E-state index contributed by atoms with van der Waals surface area (Å²) >= 11 is 0. The van der Waals surface area contributed by atoms with Crippen LogP contribution in [0.4, 0.5) is 5.69 Å². The Morgan fingerprint density at radius 3 is 2.71 bits per heavy atom. The van der Waals surface area contributed by atoms with Gasteiger partial charge in [-0.3, -0.25) is 14.4 Å². The molecule has 1 fully saturated rings. The molecule has 0 unspecified atom stereocenters. The van der Waals surface area contributed by atoms with Gasteiger partial charge in [-0.1, -0.05) is 18.2 Å². The van der Waals surface area contributed by atoms with Gasteiger partial charge in [0.25, 0.3) is 0 Å². The van der Waals surface area contributed by atoms with Gasteiger partial charge in [0.05, 0.1) is 0 Å². The standard InChI is InChI=1S/C18H23N3O3/c1-12(2)21(11-14-7-8-16(22)19-14)18(24)17(23)20-10-9-13-5-3-4-6-15(13)20/h3-6,12,14H,7-11H2,1-2H3,(H,19,22)/t14-/m1/s1. The van der Waals surface area contributed by atoms with E-state index in [1.165, 1.54) is 0 Å². The second-order valence-electron chi connectivity index (χ2n) is 6.69. The summed E-state index contributed by atoms with van der Waals surface area (Å²) in [6, 6.07) is 7.52. The first-order valence-electron chi connectivity index (χ1n) is 8.47. The minimum absolute atomic E-state index is 0.0101. The van der Waals surface area contributed by atoms with E-state index in [2.05, 4.69) is 5.32 Å². The third-order valence-electron chi connectivity index (χ3n) is 4.70. The lowest BCUT2D eigenvalue weighted by atomic mass is 10.1. The molecule has 2 aliphatic heterocycles. The van der Waals surface area contributed by atoms with E-state index in [0.717, 1.165) is 17.7 Å². The predicted molar refractivity (Wildman–Crippen MR) is 90.5 cm³/mol. The summed E-state index contributed by atoms with van der Waals surface area (Å²) in [5.74, 6) is -0.975. The van der Waals surface area contributed by atoms with Crippen molar-refractivity contribution < 1.29 is 14.4 Å². The van der Waals surface area contributed by atoms with E-state index in [9.17, 15) is 14.4 Å². The quantitative estimate of drug-likeness (QED) is 0.844. The molecular formula is C18H23N3O3. The van der Waals surface area contributed by atoms with Gasteiger partial charge in [0.15, 0.2) is 0 Å². The summed E-state index contributed by atoms with van der Waals surface area (Å²) in [7, 11) is 0. The highest BCUT2D eigenvalue weighted by atomic mass is 16.2. The summed E-state index contributed by atoms with van der Waals surface area (Å²) < 4.78 is 0. The fourth-order valence-corrected chi connectivity index (χ4v) is 3.37. The van der Waals surface area contributed by atoms with Crippen LogP contribution in [0.2, 0.25) is 0 Å². The number of fused-ring (bicyclic) bond motifs is 1. The van der Waals surface area contributed by atoms with E-state index in [4.69, 9.17) is 0 Å². The Hall–Kier alpha value is -2.37. The summed E-state index contributed by atoms with van der Waals surface area (Å²) in [4.78, 5) is 40.0. The first kappa shape index (κ1) is 16.5. The second-order valence-corrected chi connectivity index (χ2v) is 6.69. The zero-order valence-electron chi connectivity index (χ0n) is 14.1. The van der Waals surface area contributed by atoms with Crippen molar-refractivity contribution in [2.45, 2.75) is 45.2 Å². The van der Waals surface area contributed by atoms with Crippen molar-refractivity contribution in [2.75, 3.05) is 18.0 Å². The van der Waals surface area contributed by atoms with Crippen LogP contribution in [0.5, 0.6) is 0 Å². The fourth-order valence-electron chi connectivity index (χ4n) is 3.37. The normalized spacial score (nSPS) is 19.4. The molecule has 1 N–H and O–H groups in total. The van der Waals surface area contributed by atoms with Gasteiger partial charge in [0.1, 0.15) is 0 Å². The topological polar surface area (TPSA) is 69.7 Å². The molecule has 128 valence electrons. The first-order chi connectivity index (χ1) is 11.5. The molecule has 0 saturated carbocycles. The minimum atomic E-state index is -0.497. The Morgan fingerprint density at radius 2 is 2.04 bits per heavy atom. The van der Waals surface area contributed by atoms with E-state index >= 15 is 0 Å². The Bertz CT molecular complexity index is 671. The molecular weight excluding hydrogens is 306 g/mol. The number of amides is 3. The number of benzene rings is 1. The molecule has 0 bridgehead atoms. The number of nitrogens with zero attached hydrogens (tertiary/aromatic N) is 2. The molecule has 1 atom stereocenters. The Labute approximate surface area is 141 Å². The van der Waals surface area contributed by atoms with Gasteiger partial charge in [0, 0.05) is 37.3 Å². The van der Waals surface area contributed by atoms with Crippen molar-refractivity contribution in [1.29, 1.82) is 0 Å². The van der Waals surface area contributed by atoms with Crippen molar-refractivity contribution in [1.82, 2.24) is 10.2 Å². The van der Waals surface area contributed by atoms with Crippen molar-refractivity contribution >= 4 is 23.4 Å². The summed E-state index contributed by atoms with van der Waals surface area (Å²) in [5.41, 5.74) is 1.92. The smallest absolute Gasteiger partial charge is 0.316 e. The van der Waals surface area contributed by atoms with Crippen LogP contribution in [-0.2, 0) is 20.8 Å². The van der Waals surface area contributed by atoms with Crippen LogP contribution >= 0.6 is 0 Å². The molecule has 2 heterocycles. The highest BCUT2D eigenvalue weighted by Crippen LogP contribution is 2.27. The lowest BCUT2D eigenvalue weighted by Gasteiger charge is -2.30. The van der Waals surface area contributed by atoms with Gasteiger partial charge >= 0.3 is 11.8 Å². The van der Waals surface area contributed by atoms with Gasteiger partial charge in [-0.25, -0.2) is 0 Å². The maximum absolute atomic E-state index is 12.8. The van der Waals surface area contributed by atoms with E-state index in [1.54, 1.807) is 9.80 Å². The summed E-state index contributed by atoms with van der Waals surface area (Å²) in [5, 5.41) is 2.86. The summed E-state index contributed by atoms with van der Waals surface area (Å²) in [6.45, 7) is 4.69. The average Bonchev–Trinajstić information content (AvgIpc) is 3.17. The average molecular weight is 329 g/mol. The van der Waals surface area contributed by atoms with Crippen LogP contribution in [0, 0.1) is 0 Å². The molecule has 24 heavy (non-hydrogen) atoms. The zero-order chi connectivity index (χ0) is 17.3. The van der Waals surface area contributed by atoms with Crippen LogP contribution in [0.15, 0.2) is 24.3 Å². The number of carbonyl (C=O) groups excluding carboxylic acids is 3. The maximum atomic E-state index is 12.8. The van der Waals surface area contributed by atoms with Gasteiger partial charge in [-0.05, 0) is 38.3 Å². The maximum Gasteiger partial charge on any atom is 0.316 e. The highest BCUT2D eigenvalue weighted by molar-refractivity contribution is 6.40. The van der Waals surface area contributed by atoms with Crippen LogP contribution in [0.1, 0.15) is 32.3 Å². The SMILES string of the molecule is CC(C)N(C[C@H]1CCC(=O)N1)C(=O)C(=O)N1CCc2ccccc21. The lowest BCUT2D eigenvalue weighted by Crippen LogP contribution is -2.51. The molecule has 6 nitrogen and oxygen atoms in total. The van der Waals surface area contributed by atoms with Gasteiger partial charge in [-0.15, -0.1) is 0 Å². The third-order valence-corrected chi connectivity index (χ3v) is 4.70. The number of para-hydroxylation sites is 1. The van der Waals surface area contributed by atoms with E-state index in [-0.39, 0.29) is 18.0 Å². The molecule has 2 aliphatic rings. The fraction of sp³-hybridized carbons (Fsp3) is 0.500. The number of nitrogens with one attached hydrogen (secondary N) is 1. The predicted octanol–water partition coefficient (Wildman–Crippen LogP) is 1.09. The first-order valence-corrected chi connectivity index (χ1v) is 8.47. The van der Waals surface area contributed by atoms with E-state index in [1.807, 2.05) is 38.1 Å². The van der Waals surface area contributed by atoms with Crippen LogP contribution in [-0.4, -0.2) is 47.8 Å². The molecule has 0 radical (unpaired) electrons. The Kier molecular flexibility index (Phi) is 4.55. The van der Waals surface area contributed by atoms with Crippen molar-refractivity contribution in [3.05, 3.63) is 29.8 Å². The molecule has 0 aromatic heterocycles. The number of hydrogen-bond acceptors (Lipinski definition) is 3. The minimum Gasteiger partial charge on any atom is -0.352 e. The van der Waals surface area contributed by atoms with Crippen LogP contribution in [0.3, 0.4) is 0 Å². The molecule has 1 aromatic carbocycles. The number of hydrogen-bond donors (Lipinski definition) is 1. The largest absolute Gasteiger partial charge is 0.352 e. The van der Waals surface area contributed by atoms with Crippen LogP contribution < -0.4 is 10.2 Å². The molecule has 1 saturated heterocycles. The van der Waals surface area contributed by atoms with Gasteiger partial charge in [0.2, 0.25) is 5.91 Å². The summed E-state index contributed by atoms with van der Waals surface area (Å²) in [6.07, 6.45) is 1.96. The molecule has 0 spiro atoms. The number of anilines is 1. The van der Waals surface area contributed by atoms with Crippen molar-refractivity contribution in [2.24, 2.45) is 0 Å². The Balaban J connectivity index is 1.73. The van der Waals surface area contributed by atoms with Crippen LogP contribution in [0.25, 0.3) is 0 Å². The third kappa shape index (κ3) is 3.13. The van der Waals surface area contributed by atoms with Crippen molar-refractivity contribution in [3.63, 3.8) is 0 Å². The molecule has 3 amide bonds. The van der Waals surface area contributed by atoms with Gasteiger partial charge < -0.3 is 15.1 Å². The highest BCUT2D eigenvalue weighted by Gasteiger charge is 2.34. The Morgan fingerprint density at radius 1 is 1.29 bits per heavy atom. The lowest BCUT2D eigenvalue weighted by molar-refractivity contribution is -0.145. The zero-order valence-corrected chi connectivity index (χ0v) is 14.1. The molecule has 3 rings (SSSR count). The molecule has 6 heteroatoms. The molecule has 0 aliphatic carbocycles. The monoisotopic (exact) mass is 329 g/mol. The number of carbonyl (C=O) groups is 3. The van der Waals surface area contributed by atoms with Crippen molar-refractivity contribution in [3.8, 4) is 0 Å².